The van der Waals surface area contributed by atoms with Gasteiger partial charge in [0.05, 0.1) is 18.2 Å². The lowest BCUT2D eigenvalue weighted by molar-refractivity contribution is -0.274. The molecule has 1 aromatic carbocycles. The third kappa shape index (κ3) is 5.30. The molecule has 0 amide bonds. The highest BCUT2D eigenvalue weighted by Gasteiger charge is 2.40. The van der Waals surface area contributed by atoms with Gasteiger partial charge in [-0.2, -0.15) is 4.98 Å². The molecule has 10 nitrogen and oxygen atoms in total. The van der Waals surface area contributed by atoms with Gasteiger partial charge in [-0.1, -0.05) is 12.1 Å². The summed E-state index contributed by atoms with van der Waals surface area (Å²) in [6.45, 7) is -0.0199. The molecule has 1 aliphatic heterocycles. The molecule has 202 valence electrons. The van der Waals surface area contributed by atoms with Gasteiger partial charge in [-0.3, -0.25) is 18.5 Å². The van der Waals surface area contributed by atoms with Crippen molar-refractivity contribution in [2.24, 2.45) is 7.05 Å². The Labute approximate surface area is 212 Å². The van der Waals surface area contributed by atoms with E-state index in [1.165, 1.54) is 35.9 Å². The zero-order chi connectivity index (χ0) is 27.2. The normalized spacial score (nSPS) is 18.3. The summed E-state index contributed by atoms with van der Waals surface area (Å²) < 4.78 is 64.8. The monoisotopic (exact) mass is 537 g/mol. The van der Waals surface area contributed by atoms with Crippen molar-refractivity contribution in [1.82, 2.24) is 24.0 Å². The van der Waals surface area contributed by atoms with Gasteiger partial charge >= 0.3 is 18.1 Å². The van der Waals surface area contributed by atoms with Crippen molar-refractivity contribution in [3.63, 3.8) is 0 Å². The van der Waals surface area contributed by atoms with Gasteiger partial charge in [0.1, 0.15) is 17.3 Å². The Bertz CT molecular complexity index is 1570. The van der Waals surface area contributed by atoms with Crippen LogP contribution in [0.15, 0.2) is 58.0 Å². The number of aliphatic hydroxyl groups is 1. The predicted octanol–water partition coefficient (Wildman–Crippen LogP) is 2.84. The van der Waals surface area contributed by atoms with Crippen LogP contribution in [0.3, 0.4) is 0 Å². The Kier molecular flexibility index (Phi) is 6.29. The van der Waals surface area contributed by atoms with Gasteiger partial charge in [-0.15, -0.1) is 13.2 Å². The van der Waals surface area contributed by atoms with Crippen molar-refractivity contribution < 1.29 is 32.1 Å². The third-order valence-corrected chi connectivity index (χ3v) is 6.38. The quantitative estimate of drug-likeness (QED) is 0.425. The molecule has 1 fully saturated rings. The Morgan fingerprint density at radius 3 is 2.61 bits per heavy atom. The van der Waals surface area contributed by atoms with Gasteiger partial charge in [0, 0.05) is 25.9 Å². The van der Waals surface area contributed by atoms with E-state index < -0.39 is 40.8 Å². The van der Waals surface area contributed by atoms with E-state index in [2.05, 4.69) is 15.0 Å². The Morgan fingerprint density at radius 2 is 1.95 bits per heavy atom. The summed E-state index contributed by atoms with van der Waals surface area (Å²) in [5.74, 6) is -1.09. The molecule has 5 rings (SSSR count). The smallest absolute Gasteiger partial charge is 0.425 e. The lowest BCUT2D eigenvalue weighted by atomic mass is 10.2. The number of benzene rings is 1. The second-order valence-corrected chi connectivity index (χ2v) is 9.24. The number of allylic oxidation sites excluding steroid dienone is 2. The van der Waals surface area contributed by atoms with Gasteiger partial charge < -0.3 is 19.9 Å². The van der Waals surface area contributed by atoms with Gasteiger partial charge in [0.2, 0.25) is 0 Å². The minimum absolute atomic E-state index is 0.00203. The van der Waals surface area contributed by atoms with Gasteiger partial charge in [0.15, 0.2) is 11.2 Å². The molecule has 3 aromatic rings. The van der Waals surface area contributed by atoms with Gasteiger partial charge in [0.25, 0.3) is 5.56 Å². The molecular formula is C24H23F4N5O5. The minimum Gasteiger partial charge on any atom is -0.425 e. The van der Waals surface area contributed by atoms with Crippen LogP contribution in [0, 0.1) is 0 Å². The summed E-state index contributed by atoms with van der Waals surface area (Å²) in [5, 5.41) is 13.0. The number of alkyl halides is 3. The summed E-state index contributed by atoms with van der Waals surface area (Å²) in [4.78, 5) is 30.8. The summed E-state index contributed by atoms with van der Waals surface area (Å²) >= 11 is 0. The number of fused-ring (bicyclic) bond motifs is 1. The first-order valence-electron chi connectivity index (χ1n) is 11.7. The van der Waals surface area contributed by atoms with Crippen LogP contribution < -0.4 is 26.0 Å². The van der Waals surface area contributed by atoms with Crippen molar-refractivity contribution in [3.8, 4) is 17.5 Å². The van der Waals surface area contributed by atoms with Crippen molar-refractivity contribution in [2.45, 2.75) is 50.4 Å². The van der Waals surface area contributed by atoms with E-state index in [1.807, 2.05) is 0 Å². The van der Waals surface area contributed by atoms with Crippen molar-refractivity contribution in [2.75, 3.05) is 0 Å². The zero-order valence-corrected chi connectivity index (χ0v) is 20.0. The summed E-state index contributed by atoms with van der Waals surface area (Å²) in [7, 11) is 1.42. The largest absolute Gasteiger partial charge is 0.573 e. The van der Waals surface area contributed by atoms with E-state index >= 15 is 0 Å². The summed E-state index contributed by atoms with van der Waals surface area (Å²) in [6.07, 6.45) is 0.377. The predicted molar refractivity (Wildman–Crippen MR) is 126 cm³/mol. The minimum atomic E-state index is -4.91. The molecule has 1 atom stereocenters. The van der Waals surface area contributed by atoms with Crippen LogP contribution >= 0.6 is 0 Å². The zero-order valence-electron chi connectivity index (χ0n) is 20.0. The number of halogens is 4. The maximum absolute atomic E-state index is 13.5. The number of nitrogens with zero attached hydrogens (tertiary/aromatic N) is 4. The number of aromatic nitrogens is 4. The molecule has 14 heteroatoms. The number of nitrogens with one attached hydrogen (secondary N) is 1. The standard InChI is InChI=1S/C24H23F4N5O5/c1-31-19-18(20(34)32(22(31)35)10-9-23(36)7-8-23)33(13-15-6-5-14(25)12-29-15)21(30-19)37-16-3-2-4-17(11-16)38-24(26,27)28/h2-6,11-12,15,29,36H,7-10,13H2,1H3. The number of imidazole rings is 1. The highest BCUT2D eigenvalue weighted by Crippen LogP contribution is 2.38. The van der Waals surface area contributed by atoms with Crippen LogP contribution in [0.25, 0.3) is 11.2 Å². The number of ether oxygens (including phenoxy) is 2. The second kappa shape index (κ2) is 9.35. The average Bonchev–Trinajstić information content (AvgIpc) is 3.48. The van der Waals surface area contributed by atoms with Crippen LogP contribution in [-0.2, 0) is 20.1 Å². The number of aryl methyl sites for hydroxylation is 1. The average molecular weight is 537 g/mol. The Morgan fingerprint density at radius 1 is 1.21 bits per heavy atom. The van der Waals surface area contributed by atoms with E-state index in [1.54, 1.807) is 0 Å². The number of dihydropyridines is 1. The van der Waals surface area contributed by atoms with Crippen LogP contribution in [-0.4, -0.2) is 41.8 Å². The highest BCUT2D eigenvalue weighted by molar-refractivity contribution is 5.72. The number of rotatable bonds is 8. The third-order valence-electron chi connectivity index (χ3n) is 6.38. The first-order chi connectivity index (χ1) is 17.9. The molecule has 0 bridgehead atoms. The molecule has 1 saturated carbocycles. The molecule has 0 radical (unpaired) electrons. The van der Waals surface area contributed by atoms with Gasteiger partial charge in [-0.25, -0.2) is 9.18 Å². The molecule has 3 heterocycles. The highest BCUT2D eigenvalue weighted by atomic mass is 19.4. The summed E-state index contributed by atoms with van der Waals surface area (Å²) in [5.41, 5.74) is -2.24. The topological polar surface area (TPSA) is 113 Å². The molecule has 2 aliphatic rings. The van der Waals surface area contributed by atoms with Gasteiger partial charge in [-0.05, 0) is 37.5 Å². The van der Waals surface area contributed by atoms with Crippen LogP contribution in [0.1, 0.15) is 19.3 Å². The molecule has 1 aliphatic carbocycles. The second-order valence-electron chi connectivity index (χ2n) is 9.24. The SMILES string of the molecule is Cn1c(=O)n(CCC2(O)CC2)c(=O)c2c1nc(Oc1cccc(OC(F)(F)F)c1)n2CC1C=CC(F)=CN1. The number of hydrogen-bond donors (Lipinski definition) is 2. The van der Waals surface area contributed by atoms with Crippen molar-refractivity contribution in [1.29, 1.82) is 0 Å². The fourth-order valence-corrected chi connectivity index (χ4v) is 4.16. The fraction of sp³-hybridized carbons (Fsp3) is 0.375. The van der Waals surface area contributed by atoms with Crippen molar-refractivity contribution in [3.05, 3.63) is 69.3 Å². The molecule has 0 saturated heterocycles. The maximum atomic E-state index is 13.5. The van der Waals surface area contributed by atoms with Crippen LogP contribution in [0.2, 0.25) is 0 Å². The first kappa shape index (κ1) is 25.6. The molecule has 38 heavy (non-hydrogen) atoms. The summed E-state index contributed by atoms with van der Waals surface area (Å²) in [6, 6.07) is 4.07. The molecule has 2 aromatic heterocycles. The fourth-order valence-electron chi connectivity index (χ4n) is 4.16. The van der Waals surface area contributed by atoms with E-state index in [9.17, 15) is 32.3 Å². The van der Waals surface area contributed by atoms with Crippen LogP contribution in [0.4, 0.5) is 17.6 Å². The maximum Gasteiger partial charge on any atom is 0.573 e. The molecule has 2 N–H and O–H groups in total. The van der Waals surface area contributed by atoms with E-state index in [0.717, 1.165) is 27.5 Å². The van der Waals surface area contributed by atoms with E-state index in [-0.39, 0.29) is 42.4 Å². The van der Waals surface area contributed by atoms with Crippen LogP contribution in [0.5, 0.6) is 17.5 Å². The number of hydrogen-bond acceptors (Lipinski definition) is 7. The molecule has 0 spiro atoms. The van der Waals surface area contributed by atoms with E-state index in [0.29, 0.717) is 12.8 Å². The van der Waals surface area contributed by atoms with E-state index in [4.69, 9.17) is 4.74 Å². The lowest BCUT2D eigenvalue weighted by Gasteiger charge is -2.19. The molecule has 1 unspecified atom stereocenters. The Balaban J connectivity index is 1.59. The molecular weight excluding hydrogens is 514 g/mol. The van der Waals surface area contributed by atoms with Crippen molar-refractivity contribution >= 4 is 11.2 Å². The first-order valence-corrected chi connectivity index (χ1v) is 11.7. The Hall–Kier alpha value is -4.07. The lowest BCUT2D eigenvalue weighted by Crippen LogP contribution is -2.41.